The van der Waals surface area contributed by atoms with Crippen LogP contribution < -0.4 is 5.32 Å². The summed E-state index contributed by atoms with van der Waals surface area (Å²) in [6.45, 7) is 6.10. The Morgan fingerprint density at radius 1 is 1.52 bits per heavy atom. The van der Waals surface area contributed by atoms with Gasteiger partial charge in [0.15, 0.2) is 0 Å². The van der Waals surface area contributed by atoms with E-state index >= 15 is 0 Å². The molecule has 0 bridgehead atoms. The molecule has 0 unspecified atom stereocenters. The number of H-pyrrole nitrogens is 1. The zero-order chi connectivity index (χ0) is 15.0. The van der Waals surface area contributed by atoms with E-state index in [1.165, 1.54) is 5.56 Å². The van der Waals surface area contributed by atoms with Gasteiger partial charge in [-0.1, -0.05) is 0 Å². The van der Waals surface area contributed by atoms with Gasteiger partial charge < -0.3 is 5.32 Å². The molecule has 1 amide bonds. The van der Waals surface area contributed by atoms with Gasteiger partial charge in [-0.2, -0.15) is 10.2 Å². The molecule has 1 aliphatic carbocycles. The molecule has 112 valence electrons. The maximum absolute atomic E-state index is 12.2. The smallest absolute Gasteiger partial charge is 0.272 e. The summed E-state index contributed by atoms with van der Waals surface area (Å²) < 4.78 is 1.98. The summed E-state index contributed by atoms with van der Waals surface area (Å²) >= 11 is 0. The molecule has 0 radical (unpaired) electrons. The average molecular weight is 287 g/mol. The SMILES string of the molecule is Cc1cc(C(=O)N[C@H]2CCCc3cn(C(C)C)nc32)n[nH]1. The lowest BCUT2D eigenvalue weighted by Gasteiger charge is -2.21. The predicted octanol–water partition coefficient (Wildman–Crippen LogP) is 2.30. The molecular weight excluding hydrogens is 266 g/mol. The molecule has 2 aromatic rings. The van der Waals surface area contributed by atoms with Crippen LogP contribution >= 0.6 is 0 Å². The van der Waals surface area contributed by atoms with Crippen molar-refractivity contribution in [2.45, 2.75) is 52.1 Å². The Hall–Kier alpha value is -2.11. The van der Waals surface area contributed by atoms with Gasteiger partial charge in [-0.25, -0.2) is 0 Å². The number of nitrogens with zero attached hydrogens (tertiary/aromatic N) is 3. The average Bonchev–Trinajstić information content (AvgIpc) is 3.05. The molecule has 0 aromatic carbocycles. The summed E-state index contributed by atoms with van der Waals surface area (Å²) in [5.41, 5.74) is 3.57. The molecule has 21 heavy (non-hydrogen) atoms. The number of nitrogens with one attached hydrogen (secondary N) is 2. The Balaban J connectivity index is 1.80. The van der Waals surface area contributed by atoms with Crippen molar-refractivity contribution in [2.24, 2.45) is 0 Å². The predicted molar refractivity (Wildman–Crippen MR) is 79.1 cm³/mol. The second kappa shape index (κ2) is 5.35. The Bertz CT molecular complexity index is 655. The number of hydrogen-bond acceptors (Lipinski definition) is 3. The first-order valence-corrected chi connectivity index (χ1v) is 7.45. The van der Waals surface area contributed by atoms with Crippen molar-refractivity contribution in [1.29, 1.82) is 0 Å². The van der Waals surface area contributed by atoms with Gasteiger partial charge in [0.1, 0.15) is 5.69 Å². The van der Waals surface area contributed by atoms with Crippen LogP contribution in [0.25, 0.3) is 0 Å². The minimum Gasteiger partial charge on any atom is -0.342 e. The van der Waals surface area contributed by atoms with Gasteiger partial charge >= 0.3 is 0 Å². The molecule has 6 nitrogen and oxygen atoms in total. The second-order valence-corrected chi connectivity index (χ2v) is 5.97. The van der Waals surface area contributed by atoms with Crippen LogP contribution in [0.5, 0.6) is 0 Å². The Morgan fingerprint density at radius 2 is 2.33 bits per heavy atom. The number of carbonyl (C=O) groups is 1. The topological polar surface area (TPSA) is 75.6 Å². The van der Waals surface area contributed by atoms with Crippen LogP contribution in [0.2, 0.25) is 0 Å². The number of aryl methyl sites for hydroxylation is 2. The van der Waals surface area contributed by atoms with Crippen molar-refractivity contribution in [3.8, 4) is 0 Å². The number of rotatable bonds is 3. The fourth-order valence-electron chi connectivity index (χ4n) is 2.73. The van der Waals surface area contributed by atoms with Crippen LogP contribution in [-0.4, -0.2) is 25.9 Å². The Kier molecular flexibility index (Phi) is 3.53. The number of fused-ring (bicyclic) bond motifs is 1. The molecular formula is C15H21N5O. The number of hydrogen-bond donors (Lipinski definition) is 2. The third-order valence-electron chi connectivity index (χ3n) is 3.88. The molecule has 0 saturated heterocycles. The van der Waals surface area contributed by atoms with E-state index < -0.39 is 0 Å². The van der Waals surface area contributed by atoms with Crippen LogP contribution in [0.1, 0.15) is 66.2 Å². The molecule has 6 heteroatoms. The molecule has 2 aromatic heterocycles. The van der Waals surface area contributed by atoms with Crippen LogP contribution in [0.15, 0.2) is 12.3 Å². The van der Waals surface area contributed by atoms with E-state index in [4.69, 9.17) is 0 Å². The molecule has 0 spiro atoms. The summed E-state index contributed by atoms with van der Waals surface area (Å²) in [7, 11) is 0. The molecule has 2 heterocycles. The number of carbonyl (C=O) groups excluding carboxylic acids is 1. The summed E-state index contributed by atoms with van der Waals surface area (Å²) in [5, 5.41) is 14.5. The lowest BCUT2D eigenvalue weighted by atomic mass is 9.93. The first-order valence-electron chi connectivity index (χ1n) is 7.45. The normalized spacial score (nSPS) is 17.8. The van der Waals surface area contributed by atoms with E-state index in [2.05, 4.69) is 40.7 Å². The van der Waals surface area contributed by atoms with E-state index in [-0.39, 0.29) is 11.9 Å². The lowest BCUT2D eigenvalue weighted by molar-refractivity contribution is 0.0926. The van der Waals surface area contributed by atoms with Crippen molar-refractivity contribution < 1.29 is 4.79 Å². The summed E-state index contributed by atoms with van der Waals surface area (Å²) in [6, 6.07) is 2.07. The number of aromatic amines is 1. The number of aromatic nitrogens is 4. The molecule has 3 rings (SSSR count). The van der Waals surface area contributed by atoms with E-state index in [0.29, 0.717) is 11.7 Å². The number of amides is 1. The van der Waals surface area contributed by atoms with Crippen LogP contribution in [0, 0.1) is 6.92 Å². The van der Waals surface area contributed by atoms with Crippen molar-refractivity contribution >= 4 is 5.91 Å². The zero-order valence-electron chi connectivity index (χ0n) is 12.7. The second-order valence-electron chi connectivity index (χ2n) is 5.97. The van der Waals surface area contributed by atoms with Crippen molar-refractivity contribution in [3.05, 3.63) is 34.9 Å². The molecule has 0 fully saturated rings. The van der Waals surface area contributed by atoms with Crippen molar-refractivity contribution in [1.82, 2.24) is 25.3 Å². The molecule has 0 saturated carbocycles. The Labute approximate surface area is 123 Å². The molecule has 2 N–H and O–H groups in total. The van der Waals surface area contributed by atoms with Crippen LogP contribution in [0.3, 0.4) is 0 Å². The van der Waals surface area contributed by atoms with Crippen LogP contribution in [0.4, 0.5) is 0 Å². The highest BCUT2D eigenvalue weighted by atomic mass is 16.2. The molecule has 1 atom stereocenters. The van der Waals surface area contributed by atoms with E-state index in [0.717, 1.165) is 30.7 Å². The van der Waals surface area contributed by atoms with Crippen molar-refractivity contribution in [3.63, 3.8) is 0 Å². The molecule has 1 aliphatic rings. The van der Waals surface area contributed by atoms with Gasteiger partial charge in [0.05, 0.1) is 11.7 Å². The zero-order valence-corrected chi connectivity index (χ0v) is 12.7. The third kappa shape index (κ3) is 2.70. The fraction of sp³-hybridized carbons (Fsp3) is 0.533. The Morgan fingerprint density at radius 3 is 3.00 bits per heavy atom. The fourth-order valence-corrected chi connectivity index (χ4v) is 2.73. The van der Waals surface area contributed by atoms with Gasteiger partial charge in [0, 0.05) is 17.9 Å². The first kappa shape index (κ1) is 13.9. The van der Waals surface area contributed by atoms with E-state index in [1.54, 1.807) is 6.07 Å². The largest absolute Gasteiger partial charge is 0.342 e. The van der Waals surface area contributed by atoms with E-state index in [1.807, 2.05) is 11.6 Å². The minimum atomic E-state index is -0.142. The first-order chi connectivity index (χ1) is 10.0. The van der Waals surface area contributed by atoms with Gasteiger partial charge in [0.25, 0.3) is 5.91 Å². The van der Waals surface area contributed by atoms with Gasteiger partial charge in [-0.3, -0.25) is 14.6 Å². The van der Waals surface area contributed by atoms with Crippen molar-refractivity contribution in [2.75, 3.05) is 0 Å². The van der Waals surface area contributed by atoms with Gasteiger partial charge in [0.2, 0.25) is 0 Å². The molecule has 0 aliphatic heterocycles. The maximum Gasteiger partial charge on any atom is 0.272 e. The quantitative estimate of drug-likeness (QED) is 0.909. The minimum absolute atomic E-state index is 0.0155. The van der Waals surface area contributed by atoms with E-state index in [9.17, 15) is 4.79 Å². The van der Waals surface area contributed by atoms with Gasteiger partial charge in [-0.15, -0.1) is 0 Å². The highest BCUT2D eigenvalue weighted by Gasteiger charge is 2.26. The summed E-state index contributed by atoms with van der Waals surface area (Å²) in [4.78, 5) is 12.2. The van der Waals surface area contributed by atoms with Crippen LogP contribution in [-0.2, 0) is 6.42 Å². The monoisotopic (exact) mass is 287 g/mol. The highest BCUT2D eigenvalue weighted by molar-refractivity contribution is 5.92. The highest BCUT2D eigenvalue weighted by Crippen LogP contribution is 2.29. The third-order valence-corrected chi connectivity index (χ3v) is 3.88. The summed E-state index contributed by atoms with van der Waals surface area (Å²) in [5.74, 6) is -0.142. The summed E-state index contributed by atoms with van der Waals surface area (Å²) in [6.07, 6.45) is 5.14. The standard InChI is InChI=1S/C15H21N5O/c1-9(2)20-8-11-5-4-6-12(14(11)19-20)16-15(21)13-7-10(3)17-18-13/h7-9,12H,4-6H2,1-3H3,(H,16,21)(H,17,18)/t12-/m0/s1. The lowest BCUT2D eigenvalue weighted by Crippen LogP contribution is -2.31. The van der Waals surface area contributed by atoms with Gasteiger partial charge in [-0.05, 0) is 51.7 Å². The maximum atomic E-state index is 12.2.